The maximum Gasteiger partial charge on any atom is 0.0954 e. The Labute approximate surface area is 118 Å². The Balaban J connectivity index is 1.89. The Hall–Kier alpha value is -1.23. The van der Waals surface area contributed by atoms with E-state index in [1.807, 2.05) is 24.3 Å². The fraction of sp³-hybridized carbons (Fsp3) is 0.400. The summed E-state index contributed by atoms with van der Waals surface area (Å²) in [7, 11) is 0. The molecule has 1 aromatic heterocycles. The number of hydrogen-bond donors (Lipinski definition) is 2. The highest BCUT2D eigenvalue weighted by Crippen LogP contribution is 2.19. The van der Waals surface area contributed by atoms with Crippen molar-refractivity contribution in [3.05, 3.63) is 51.5 Å². The Bertz CT molecular complexity index is 522. The monoisotopic (exact) mass is 276 g/mol. The smallest absolute Gasteiger partial charge is 0.0954 e. The number of aliphatic hydroxyl groups is 1. The van der Waals surface area contributed by atoms with Crippen molar-refractivity contribution in [2.24, 2.45) is 0 Å². The molecule has 0 bridgehead atoms. The fourth-order valence-corrected chi connectivity index (χ4v) is 2.71. The van der Waals surface area contributed by atoms with Crippen LogP contribution in [0.3, 0.4) is 0 Å². The van der Waals surface area contributed by atoms with Crippen LogP contribution in [0.4, 0.5) is 0 Å². The van der Waals surface area contributed by atoms with E-state index in [2.05, 4.69) is 29.5 Å². The summed E-state index contributed by atoms with van der Waals surface area (Å²) in [6.45, 7) is 5.93. The van der Waals surface area contributed by atoms with Gasteiger partial charge in [0.15, 0.2) is 0 Å². The van der Waals surface area contributed by atoms with Gasteiger partial charge in [0.2, 0.25) is 0 Å². The first-order valence-electron chi connectivity index (χ1n) is 6.53. The summed E-state index contributed by atoms with van der Waals surface area (Å²) in [4.78, 5) is 4.59. The molecule has 102 valence electrons. The molecular weight excluding hydrogens is 256 g/mol. The summed E-state index contributed by atoms with van der Waals surface area (Å²) in [5.41, 5.74) is 3.22. The molecule has 0 spiro atoms. The molecule has 2 N–H and O–H groups in total. The van der Waals surface area contributed by atoms with E-state index in [-0.39, 0.29) is 6.61 Å². The minimum absolute atomic E-state index is 0.0893. The van der Waals surface area contributed by atoms with Gasteiger partial charge in [0, 0.05) is 24.4 Å². The molecule has 0 radical (unpaired) electrons. The predicted molar refractivity (Wildman–Crippen MR) is 79.1 cm³/mol. The highest BCUT2D eigenvalue weighted by molar-refractivity contribution is 7.09. The Morgan fingerprint density at radius 1 is 1.21 bits per heavy atom. The zero-order chi connectivity index (χ0) is 13.7. The first-order valence-corrected chi connectivity index (χ1v) is 7.41. The second kappa shape index (κ2) is 6.80. The Morgan fingerprint density at radius 2 is 1.95 bits per heavy atom. The summed E-state index contributed by atoms with van der Waals surface area (Å²) in [5.74, 6) is 0.494. The second-order valence-corrected chi connectivity index (χ2v) is 5.75. The summed E-state index contributed by atoms with van der Waals surface area (Å²) < 4.78 is 0. The predicted octanol–water partition coefficient (Wildman–Crippen LogP) is 3.05. The first kappa shape index (κ1) is 14.2. The molecule has 2 aromatic rings. The van der Waals surface area contributed by atoms with Gasteiger partial charge in [-0.3, -0.25) is 0 Å². The summed E-state index contributed by atoms with van der Waals surface area (Å²) >= 11 is 1.72. The van der Waals surface area contributed by atoms with Gasteiger partial charge < -0.3 is 10.4 Å². The SMILES string of the molecule is CC(C)c1nc(CNCc2ccccc2CO)cs1. The van der Waals surface area contributed by atoms with Crippen molar-refractivity contribution in [3.63, 3.8) is 0 Å². The first-order chi connectivity index (χ1) is 9.20. The van der Waals surface area contributed by atoms with E-state index < -0.39 is 0 Å². The van der Waals surface area contributed by atoms with Gasteiger partial charge in [-0.05, 0) is 11.1 Å². The van der Waals surface area contributed by atoms with Crippen LogP contribution >= 0.6 is 11.3 Å². The molecular formula is C15H20N2OS. The molecule has 0 saturated heterocycles. The summed E-state index contributed by atoms with van der Waals surface area (Å²) in [5, 5.41) is 15.9. The lowest BCUT2D eigenvalue weighted by molar-refractivity contribution is 0.280. The maximum atomic E-state index is 9.26. The molecule has 19 heavy (non-hydrogen) atoms. The van der Waals surface area contributed by atoms with Crippen LogP contribution < -0.4 is 5.32 Å². The number of hydrogen-bond acceptors (Lipinski definition) is 4. The molecule has 0 aliphatic rings. The average Bonchev–Trinajstić information content (AvgIpc) is 2.88. The van der Waals surface area contributed by atoms with Crippen molar-refractivity contribution in [2.45, 2.75) is 39.5 Å². The van der Waals surface area contributed by atoms with E-state index in [1.54, 1.807) is 11.3 Å². The number of nitrogens with one attached hydrogen (secondary N) is 1. The molecule has 2 rings (SSSR count). The molecule has 4 heteroatoms. The van der Waals surface area contributed by atoms with Gasteiger partial charge in [-0.15, -0.1) is 11.3 Å². The average molecular weight is 276 g/mol. The third-order valence-corrected chi connectivity index (χ3v) is 4.17. The molecule has 0 saturated carbocycles. The number of thiazole rings is 1. The van der Waals surface area contributed by atoms with E-state index in [4.69, 9.17) is 0 Å². The van der Waals surface area contributed by atoms with Gasteiger partial charge in [-0.25, -0.2) is 4.98 Å². The minimum Gasteiger partial charge on any atom is -0.392 e. The molecule has 1 heterocycles. The van der Waals surface area contributed by atoms with Crippen LogP contribution in [0.1, 0.15) is 41.6 Å². The van der Waals surface area contributed by atoms with Crippen molar-refractivity contribution < 1.29 is 5.11 Å². The van der Waals surface area contributed by atoms with E-state index in [1.165, 1.54) is 5.01 Å². The van der Waals surface area contributed by atoms with Gasteiger partial charge >= 0.3 is 0 Å². The number of rotatable bonds is 6. The number of benzene rings is 1. The van der Waals surface area contributed by atoms with Gasteiger partial charge in [0.1, 0.15) is 0 Å². The highest BCUT2D eigenvalue weighted by Gasteiger charge is 2.06. The lowest BCUT2D eigenvalue weighted by Gasteiger charge is -2.07. The van der Waals surface area contributed by atoms with Crippen LogP contribution in [-0.2, 0) is 19.7 Å². The van der Waals surface area contributed by atoms with Crippen molar-refractivity contribution in [1.29, 1.82) is 0 Å². The van der Waals surface area contributed by atoms with Crippen LogP contribution in [0.25, 0.3) is 0 Å². The van der Waals surface area contributed by atoms with Crippen LogP contribution in [0, 0.1) is 0 Å². The van der Waals surface area contributed by atoms with E-state index in [9.17, 15) is 5.11 Å². The third kappa shape index (κ3) is 3.86. The van der Waals surface area contributed by atoms with Crippen LogP contribution in [0.2, 0.25) is 0 Å². The van der Waals surface area contributed by atoms with Crippen LogP contribution in [0.5, 0.6) is 0 Å². The number of aliphatic hydroxyl groups excluding tert-OH is 1. The Kier molecular flexibility index (Phi) is 5.07. The van der Waals surface area contributed by atoms with Crippen molar-refractivity contribution in [3.8, 4) is 0 Å². The second-order valence-electron chi connectivity index (χ2n) is 4.86. The fourth-order valence-electron chi connectivity index (χ4n) is 1.88. The molecule has 1 aromatic carbocycles. The minimum atomic E-state index is 0.0893. The van der Waals surface area contributed by atoms with E-state index >= 15 is 0 Å². The molecule has 0 aliphatic carbocycles. The van der Waals surface area contributed by atoms with Gasteiger partial charge in [-0.1, -0.05) is 38.1 Å². The maximum absolute atomic E-state index is 9.26. The molecule has 0 amide bonds. The number of nitrogens with zero attached hydrogens (tertiary/aromatic N) is 1. The molecule has 0 aliphatic heterocycles. The number of aromatic nitrogens is 1. The lowest BCUT2D eigenvalue weighted by atomic mass is 10.1. The largest absolute Gasteiger partial charge is 0.392 e. The quantitative estimate of drug-likeness (QED) is 0.852. The van der Waals surface area contributed by atoms with Crippen molar-refractivity contribution in [1.82, 2.24) is 10.3 Å². The normalized spacial score (nSPS) is 11.2. The van der Waals surface area contributed by atoms with Gasteiger partial charge in [0.05, 0.1) is 17.3 Å². The van der Waals surface area contributed by atoms with Gasteiger partial charge in [0.25, 0.3) is 0 Å². The Morgan fingerprint density at radius 3 is 2.58 bits per heavy atom. The zero-order valence-corrected chi connectivity index (χ0v) is 12.2. The topological polar surface area (TPSA) is 45.2 Å². The molecule has 0 fully saturated rings. The summed E-state index contributed by atoms with van der Waals surface area (Å²) in [6, 6.07) is 7.94. The molecule has 0 unspecified atom stereocenters. The van der Waals surface area contributed by atoms with Crippen molar-refractivity contribution >= 4 is 11.3 Å². The van der Waals surface area contributed by atoms with Crippen LogP contribution in [0.15, 0.2) is 29.6 Å². The van der Waals surface area contributed by atoms with Gasteiger partial charge in [-0.2, -0.15) is 0 Å². The zero-order valence-electron chi connectivity index (χ0n) is 11.4. The third-order valence-electron chi connectivity index (χ3n) is 2.97. The lowest BCUT2D eigenvalue weighted by Crippen LogP contribution is -2.14. The molecule has 0 atom stereocenters. The molecule has 3 nitrogen and oxygen atoms in total. The van der Waals surface area contributed by atoms with E-state index in [0.29, 0.717) is 5.92 Å². The highest BCUT2D eigenvalue weighted by atomic mass is 32.1. The van der Waals surface area contributed by atoms with Crippen LogP contribution in [-0.4, -0.2) is 10.1 Å². The summed E-state index contributed by atoms with van der Waals surface area (Å²) in [6.07, 6.45) is 0. The standard InChI is InChI=1S/C15H20N2OS/c1-11(2)15-17-14(10-19-15)8-16-7-12-5-3-4-6-13(12)9-18/h3-6,10-11,16,18H,7-9H2,1-2H3. The van der Waals surface area contributed by atoms with E-state index in [0.717, 1.165) is 29.9 Å². The van der Waals surface area contributed by atoms with Crippen molar-refractivity contribution in [2.75, 3.05) is 0 Å².